The topological polar surface area (TPSA) is 23.8 Å². The first-order valence-electron chi connectivity index (χ1n) is 5.43. The van der Waals surface area contributed by atoms with Gasteiger partial charge in [0.25, 0.3) is 0 Å². The number of nitrogens with zero attached hydrogens (tertiary/aromatic N) is 1. The van der Waals surface area contributed by atoms with Crippen molar-refractivity contribution in [1.29, 1.82) is 5.26 Å². The van der Waals surface area contributed by atoms with E-state index >= 15 is 0 Å². The summed E-state index contributed by atoms with van der Waals surface area (Å²) in [7, 11) is 0. The number of terminal acetylenes is 1. The number of nitriles is 1. The highest BCUT2D eigenvalue weighted by Crippen LogP contribution is 2.42. The first-order chi connectivity index (χ1) is 9.35. The minimum atomic E-state index is 0.618. The van der Waals surface area contributed by atoms with Crippen LogP contribution in [0.1, 0.15) is 11.1 Å². The van der Waals surface area contributed by atoms with E-state index < -0.39 is 0 Å². The molecule has 3 aromatic heterocycles. The van der Waals surface area contributed by atoms with Gasteiger partial charge in [0, 0.05) is 11.1 Å². The summed E-state index contributed by atoms with van der Waals surface area (Å²) in [5.74, 6) is 2.68. The smallest absolute Gasteiger partial charge is 0.102 e. The summed E-state index contributed by atoms with van der Waals surface area (Å²) < 4.78 is 0. The van der Waals surface area contributed by atoms with Crippen LogP contribution in [0.5, 0.6) is 0 Å². The fourth-order valence-corrected chi connectivity index (χ4v) is 4.52. The molecule has 3 rings (SSSR count). The van der Waals surface area contributed by atoms with Crippen LogP contribution < -0.4 is 0 Å². The maximum absolute atomic E-state index is 9.41. The lowest BCUT2D eigenvalue weighted by molar-refractivity contribution is 1.50. The molecule has 0 bridgehead atoms. The molecule has 0 aliphatic rings. The summed E-state index contributed by atoms with van der Waals surface area (Å²) in [4.78, 5) is 1.99. The summed E-state index contributed by atoms with van der Waals surface area (Å²) in [6.07, 6.45) is 5.61. The molecule has 0 radical (unpaired) electrons. The number of thiophene rings is 3. The van der Waals surface area contributed by atoms with Crippen molar-refractivity contribution in [2.24, 2.45) is 0 Å². The van der Waals surface area contributed by atoms with E-state index in [4.69, 9.17) is 6.42 Å². The maximum atomic E-state index is 9.41. The molecule has 0 atom stereocenters. The molecule has 0 aliphatic heterocycles. The maximum Gasteiger partial charge on any atom is 0.102 e. The van der Waals surface area contributed by atoms with Gasteiger partial charge in [0.05, 0.1) is 20.9 Å². The third-order valence-electron chi connectivity index (χ3n) is 2.73. The standard InChI is InChI=1S/C15H7NS3/c1-2-12-13(7-16)15(11-4-6-18-9-11)19-14(12)10-3-5-17-8-10/h1,3-6,8-9H. The minimum absolute atomic E-state index is 0.618. The van der Waals surface area contributed by atoms with E-state index in [1.807, 2.05) is 28.3 Å². The Morgan fingerprint density at radius 2 is 1.53 bits per heavy atom. The Bertz CT molecular complexity index is 711. The van der Waals surface area contributed by atoms with Crippen molar-refractivity contribution in [3.05, 3.63) is 44.8 Å². The summed E-state index contributed by atoms with van der Waals surface area (Å²) in [5.41, 5.74) is 3.50. The van der Waals surface area contributed by atoms with Crippen LogP contribution in [0.2, 0.25) is 0 Å². The van der Waals surface area contributed by atoms with Gasteiger partial charge in [0.2, 0.25) is 0 Å². The van der Waals surface area contributed by atoms with Gasteiger partial charge in [-0.25, -0.2) is 0 Å². The molecule has 0 amide bonds. The number of rotatable bonds is 2. The number of hydrogen-bond donors (Lipinski definition) is 0. The van der Waals surface area contributed by atoms with Gasteiger partial charge in [-0.2, -0.15) is 27.9 Å². The van der Waals surface area contributed by atoms with Gasteiger partial charge >= 0.3 is 0 Å². The molecular weight excluding hydrogens is 290 g/mol. The second-order valence-electron chi connectivity index (χ2n) is 3.79. The Kier molecular flexibility index (Phi) is 3.23. The molecule has 0 fully saturated rings. The van der Waals surface area contributed by atoms with E-state index in [2.05, 4.69) is 17.4 Å². The van der Waals surface area contributed by atoms with Crippen LogP contribution in [0, 0.1) is 23.7 Å². The van der Waals surface area contributed by atoms with Gasteiger partial charge < -0.3 is 0 Å². The van der Waals surface area contributed by atoms with Crippen molar-refractivity contribution in [3.8, 4) is 39.3 Å². The summed E-state index contributed by atoms with van der Waals surface area (Å²) in [6.45, 7) is 0. The van der Waals surface area contributed by atoms with E-state index in [1.165, 1.54) is 0 Å². The Morgan fingerprint density at radius 3 is 1.95 bits per heavy atom. The summed E-state index contributed by atoms with van der Waals surface area (Å²) in [6, 6.07) is 6.32. The molecule has 4 heteroatoms. The first-order valence-corrected chi connectivity index (χ1v) is 8.14. The highest BCUT2D eigenvalue weighted by Gasteiger charge is 2.19. The zero-order valence-corrected chi connectivity index (χ0v) is 12.2. The van der Waals surface area contributed by atoms with E-state index in [-0.39, 0.29) is 0 Å². The normalized spacial score (nSPS) is 10.0. The molecule has 0 unspecified atom stereocenters. The third-order valence-corrected chi connectivity index (χ3v) is 5.39. The number of hydrogen-bond acceptors (Lipinski definition) is 4. The molecule has 0 saturated carbocycles. The van der Waals surface area contributed by atoms with Crippen molar-refractivity contribution in [1.82, 2.24) is 0 Å². The van der Waals surface area contributed by atoms with Gasteiger partial charge in [-0.15, -0.1) is 17.8 Å². The second kappa shape index (κ2) is 5.03. The van der Waals surface area contributed by atoms with Crippen molar-refractivity contribution in [2.45, 2.75) is 0 Å². The fraction of sp³-hybridized carbons (Fsp3) is 0. The van der Waals surface area contributed by atoms with Crippen LogP contribution >= 0.6 is 34.0 Å². The van der Waals surface area contributed by atoms with Gasteiger partial charge in [-0.3, -0.25) is 0 Å². The van der Waals surface area contributed by atoms with Crippen LogP contribution in [0.25, 0.3) is 20.9 Å². The highest BCUT2D eigenvalue weighted by molar-refractivity contribution is 7.20. The minimum Gasteiger partial charge on any atom is -0.192 e. The van der Waals surface area contributed by atoms with E-state index in [9.17, 15) is 5.26 Å². The molecule has 1 nitrogen and oxygen atoms in total. The SMILES string of the molecule is C#Cc1c(-c2ccsc2)sc(-c2ccsc2)c1C#N. The molecule has 0 N–H and O–H groups in total. The molecule has 0 saturated heterocycles. The van der Waals surface area contributed by atoms with Crippen LogP contribution in [-0.4, -0.2) is 0 Å². The lowest BCUT2D eigenvalue weighted by Crippen LogP contribution is -1.80. The third kappa shape index (κ3) is 2.01. The molecule has 90 valence electrons. The molecule has 0 spiro atoms. The van der Waals surface area contributed by atoms with Crippen LogP contribution in [0.4, 0.5) is 0 Å². The predicted octanol–water partition coefficient (Wildman–Crippen LogP) is 5.06. The van der Waals surface area contributed by atoms with Gasteiger partial charge in [-0.05, 0) is 33.7 Å². The fourth-order valence-electron chi connectivity index (χ4n) is 1.87. The largest absolute Gasteiger partial charge is 0.192 e. The lowest BCUT2D eigenvalue weighted by Gasteiger charge is -1.93. The average Bonchev–Trinajstić information content (AvgIpc) is 3.16. The monoisotopic (exact) mass is 297 g/mol. The Hall–Kier alpha value is -1.85. The molecular formula is C15H7NS3. The van der Waals surface area contributed by atoms with Crippen molar-refractivity contribution in [2.75, 3.05) is 0 Å². The lowest BCUT2D eigenvalue weighted by atomic mass is 10.1. The Morgan fingerprint density at radius 1 is 0.947 bits per heavy atom. The first kappa shape index (κ1) is 12.2. The van der Waals surface area contributed by atoms with Gasteiger partial charge in [0.1, 0.15) is 6.07 Å². The van der Waals surface area contributed by atoms with E-state index in [0.29, 0.717) is 11.1 Å². The Labute approximate surface area is 123 Å². The predicted molar refractivity (Wildman–Crippen MR) is 83.6 cm³/mol. The Balaban J connectivity index is 2.29. The average molecular weight is 297 g/mol. The zero-order valence-electron chi connectivity index (χ0n) is 9.71. The van der Waals surface area contributed by atoms with Crippen LogP contribution in [-0.2, 0) is 0 Å². The molecule has 19 heavy (non-hydrogen) atoms. The van der Waals surface area contributed by atoms with E-state index in [1.54, 1.807) is 34.0 Å². The molecule has 3 heterocycles. The highest BCUT2D eigenvalue weighted by atomic mass is 32.1. The van der Waals surface area contributed by atoms with Gasteiger partial charge in [-0.1, -0.05) is 5.92 Å². The van der Waals surface area contributed by atoms with E-state index in [0.717, 1.165) is 20.9 Å². The quantitative estimate of drug-likeness (QED) is 0.607. The van der Waals surface area contributed by atoms with Gasteiger partial charge in [0.15, 0.2) is 0 Å². The van der Waals surface area contributed by atoms with Crippen molar-refractivity contribution < 1.29 is 0 Å². The zero-order chi connectivity index (χ0) is 13.2. The molecule has 0 aromatic carbocycles. The second-order valence-corrected chi connectivity index (χ2v) is 6.37. The van der Waals surface area contributed by atoms with Crippen LogP contribution in [0.3, 0.4) is 0 Å². The van der Waals surface area contributed by atoms with Crippen molar-refractivity contribution >= 4 is 34.0 Å². The summed E-state index contributed by atoms with van der Waals surface area (Å²) >= 11 is 4.85. The van der Waals surface area contributed by atoms with Crippen LogP contribution in [0.15, 0.2) is 33.7 Å². The molecule has 0 aliphatic carbocycles. The summed E-state index contributed by atoms with van der Waals surface area (Å²) in [5, 5.41) is 17.5. The van der Waals surface area contributed by atoms with Crippen molar-refractivity contribution in [3.63, 3.8) is 0 Å². The molecule has 3 aromatic rings.